The molecule has 6 heteroatoms. The van der Waals surface area contributed by atoms with E-state index in [2.05, 4.69) is 4.99 Å². The van der Waals surface area contributed by atoms with Crippen LogP contribution in [0.25, 0.3) is 16.8 Å². The number of aromatic nitrogens is 1. The monoisotopic (exact) mass is 468 g/mol. The first-order chi connectivity index (χ1) is 16.4. The summed E-state index contributed by atoms with van der Waals surface area (Å²) in [5, 5.41) is 1.95. The molecule has 0 spiro atoms. The lowest BCUT2D eigenvalue weighted by Crippen LogP contribution is -2.39. The Kier molecular flexibility index (Phi) is 5.54. The van der Waals surface area contributed by atoms with Crippen molar-refractivity contribution in [2.45, 2.75) is 26.8 Å². The fraction of sp³-hybridized carbons (Fsp3) is 0.179. The number of hydrogen-bond acceptors (Lipinski definition) is 5. The predicted octanol–water partition coefficient (Wildman–Crippen LogP) is 4.29. The largest absolute Gasteiger partial charge is 0.496 e. The molecule has 34 heavy (non-hydrogen) atoms. The average molecular weight is 469 g/mol. The van der Waals surface area contributed by atoms with Crippen molar-refractivity contribution < 1.29 is 9.53 Å². The van der Waals surface area contributed by atoms with Crippen LogP contribution in [0.2, 0.25) is 0 Å². The Balaban J connectivity index is 1.86. The second-order valence-electron chi connectivity index (χ2n) is 8.45. The summed E-state index contributed by atoms with van der Waals surface area (Å²) in [6.07, 6.45) is 1.88. The van der Waals surface area contributed by atoms with Gasteiger partial charge in [-0.3, -0.25) is 14.2 Å². The van der Waals surface area contributed by atoms with Crippen LogP contribution < -0.4 is 19.6 Å². The number of thiazole rings is 1. The van der Waals surface area contributed by atoms with Crippen molar-refractivity contribution in [1.29, 1.82) is 0 Å². The normalized spacial score (nSPS) is 15.9. The number of hydrogen-bond donors (Lipinski definition) is 0. The first-order valence-electron chi connectivity index (χ1n) is 11.0. The zero-order valence-corrected chi connectivity index (χ0v) is 20.3. The van der Waals surface area contributed by atoms with Crippen LogP contribution in [0.1, 0.15) is 36.6 Å². The maximum Gasteiger partial charge on any atom is 0.271 e. The third-order valence-electron chi connectivity index (χ3n) is 6.20. The average Bonchev–Trinajstić information content (AvgIpc) is 3.13. The maximum absolute atomic E-state index is 13.8. The number of benzene rings is 3. The number of nitrogens with zero attached hydrogens (tertiary/aromatic N) is 2. The molecule has 1 aliphatic heterocycles. The van der Waals surface area contributed by atoms with Gasteiger partial charge in [0.2, 0.25) is 0 Å². The highest BCUT2D eigenvalue weighted by molar-refractivity contribution is 7.07. The molecule has 0 saturated heterocycles. The summed E-state index contributed by atoms with van der Waals surface area (Å²) in [4.78, 5) is 31.9. The van der Waals surface area contributed by atoms with Crippen molar-refractivity contribution in [2.75, 3.05) is 7.11 Å². The Morgan fingerprint density at radius 3 is 2.50 bits per heavy atom. The van der Waals surface area contributed by atoms with E-state index in [9.17, 15) is 9.59 Å². The number of methoxy groups -OCH3 is 1. The number of carbonyl (C=O) groups excluding carboxylic acids is 1. The molecule has 2 heterocycles. The zero-order valence-electron chi connectivity index (χ0n) is 19.5. The van der Waals surface area contributed by atoms with Gasteiger partial charge in [0.15, 0.2) is 10.6 Å². The Morgan fingerprint density at radius 1 is 1.06 bits per heavy atom. The van der Waals surface area contributed by atoms with E-state index in [1.807, 2.05) is 80.6 Å². The fourth-order valence-electron chi connectivity index (χ4n) is 4.59. The van der Waals surface area contributed by atoms with Crippen molar-refractivity contribution in [3.63, 3.8) is 0 Å². The van der Waals surface area contributed by atoms with Gasteiger partial charge in [-0.15, -0.1) is 0 Å². The lowest BCUT2D eigenvalue weighted by Gasteiger charge is -2.27. The van der Waals surface area contributed by atoms with Gasteiger partial charge in [0.1, 0.15) is 5.75 Å². The number of rotatable bonds is 4. The van der Waals surface area contributed by atoms with Crippen molar-refractivity contribution >= 4 is 34.0 Å². The van der Waals surface area contributed by atoms with Gasteiger partial charge in [0.05, 0.1) is 17.7 Å². The van der Waals surface area contributed by atoms with Crippen LogP contribution in [0.5, 0.6) is 5.75 Å². The van der Waals surface area contributed by atoms with Crippen LogP contribution in [0.4, 0.5) is 0 Å². The number of carbonyl (C=O) groups is 1. The topological polar surface area (TPSA) is 60.7 Å². The summed E-state index contributed by atoms with van der Waals surface area (Å²) in [5.74, 6) is 0.513. The summed E-state index contributed by atoms with van der Waals surface area (Å²) in [6.45, 7) is 5.39. The Labute approximate surface area is 201 Å². The molecule has 4 aromatic rings. The summed E-state index contributed by atoms with van der Waals surface area (Å²) in [5.41, 5.74) is 3.85. The molecule has 1 atom stereocenters. The second kappa shape index (κ2) is 8.54. The summed E-state index contributed by atoms with van der Waals surface area (Å²) < 4.78 is 7.98. The van der Waals surface area contributed by atoms with Crippen molar-refractivity contribution in [3.05, 3.63) is 108 Å². The highest BCUT2D eigenvalue weighted by Crippen LogP contribution is 2.40. The molecule has 0 amide bonds. The Bertz CT molecular complexity index is 1660. The van der Waals surface area contributed by atoms with Gasteiger partial charge in [0, 0.05) is 16.8 Å². The predicted molar refractivity (Wildman–Crippen MR) is 136 cm³/mol. The number of ketones is 1. The Morgan fingerprint density at radius 2 is 1.79 bits per heavy atom. The van der Waals surface area contributed by atoms with Crippen molar-refractivity contribution in [2.24, 2.45) is 4.99 Å². The minimum Gasteiger partial charge on any atom is -0.496 e. The van der Waals surface area contributed by atoms with Crippen LogP contribution in [0, 0.1) is 6.92 Å². The van der Waals surface area contributed by atoms with E-state index in [0.717, 1.165) is 27.5 Å². The van der Waals surface area contributed by atoms with Gasteiger partial charge < -0.3 is 4.74 Å². The summed E-state index contributed by atoms with van der Waals surface area (Å²) >= 11 is 1.34. The standard InChI is InChI=1S/C28H24N2O3S/c1-16-9-11-19(12-10-16)15-23-27(32)30-26(24(18(3)31)17(2)29-28(30)34-23)25-21-8-6-5-7-20(21)13-14-22(25)33-4/h5-15,26H,1-4H3/b23-15+. The molecule has 0 fully saturated rings. The molecule has 0 saturated carbocycles. The molecular weight excluding hydrogens is 444 g/mol. The van der Waals surface area contributed by atoms with Gasteiger partial charge in [-0.05, 0) is 49.2 Å². The van der Waals surface area contributed by atoms with Crippen molar-refractivity contribution in [3.8, 4) is 5.75 Å². The molecule has 5 rings (SSSR count). The molecule has 1 aromatic heterocycles. The summed E-state index contributed by atoms with van der Waals surface area (Å²) in [7, 11) is 1.61. The number of fused-ring (bicyclic) bond motifs is 2. The van der Waals surface area contributed by atoms with Gasteiger partial charge >= 0.3 is 0 Å². The molecule has 0 bridgehead atoms. The van der Waals surface area contributed by atoms with Crippen LogP contribution in [-0.2, 0) is 4.79 Å². The molecule has 1 aliphatic rings. The first-order valence-corrected chi connectivity index (χ1v) is 11.9. The van der Waals surface area contributed by atoms with E-state index in [-0.39, 0.29) is 11.3 Å². The lowest BCUT2D eigenvalue weighted by atomic mass is 9.89. The van der Waals surface area contributed by atoms with E-state index >= 15 is 0 Å². The number of aryl methyl sites for hydroxylation is 1. The quantitative estimate of drug-likeness (QED) is 0.449. The lowest BCUT2D eigenvalue weighted by molar-refractivity contribution is -0.114. The van der Waals surface area contributed by atoms with Crippen LogP contribution in [0.15, 0.2) is 81.7 Å². The minimum absolute atomic E-state index is 0.117. The first kappa shape index (κ1) is 22.0. The van der Waals surface area contributed by atoms with E-state index in [1.54, 1.807) is 11.7 Å². The number of allylic oxidation sites excluding steroid dienone is 2. The second-order valence-corrected chi connectivity index (χ2v) is 9.46. The molecule has 0 aliphatic carbocycles. The SMILES string of the molecule is COc1ccc2ccccc2c1C1C(C(C)=O)=C(C)N=c2s/c(=C/c3ccc(C)cc3)c(=O)n21. The van der Waals surface area contributed by atoms with Gasteiger partial charge in [0.25, 0.3) is 5.56 Å². The van der Waals surface area contributed by atoms with Gasteiger partial charge in [-0.2, -0.15) is 0 Å². The van der Waals surface area contributed by atoms with E-state index in [0.29, 0.717) is 26.4 Å². The maximum atomic E-state index is 13.8. The molecular formula is C28H24N2O3S. The van der Waals surface area contributed by atoms with Gasteiger partial charge in [-0.1, -0.05) is 71.5 Å². The zero-order chi connectivity index (χ0) is 24.0. The van der Waals surface area contributed by atoms with E-state index in [1.165, 1.54) is 18.3 Å². The van der Waals surface area contributed by atoms with E-state index < -0.39 is 6.04 Å². The fourth-order valence-corrected chi connectivity index (χ4v) is 5.64. The van der Waals surface area contributed by atoms with Gasteiger partial charge in [-0.25, -0.2) is 4.99 Å². The number of Topliss-reactive ketones (excluding diaryl/α,β-unsaturated/α-hetero) is 1. The van der Waals surface area contributed by atoms with Crippen LogP contribution in [0.3, 0.4) is 0 Å². The molecule has 5 nitrogen and oxygen atoms in total. The van der Waals surface area contributed by atoms with Crippen LogP contribution in [-0.4, -0.2) is 17.5 Å². The third-order valence-corrected chi connectivity index (χ3v) is 7.18. The Hall–Kier alpha value is -3.77. The smallest absolute Gasteiger partial charge is 0.271 e. The molecule has 1 unspecified atom stereocenters. The number of ether oxygens (including phenoxy) is 1. The minimum atomic E-state index is -0.630. The van der Waals surface area contributed by atoms with Crippen molar-refractivity contribution in [1.82, 2.24) is 4.57 Å². The molecule has 3 aromatic carbocycles. The molecule has 170 valence electrons. The highest BCUT2D eigenvalue weighted by Gasteiger charge is 2.33. The van der Waals surface area contributed by atoms with E-state index in [4.69, 9.17) is 4.74 Å². The molecule has 0 N–H and O–H groups in total. The third kappa shape index (κ3) is 3.60. The van der Waals surface area contributed by atoms with Crippen LogP contribution >= 0.6 is 11.3 Å². The molecule has 0 radical (unpaired) electrons. The highest BCUT2D eigenvalue weighted by atomic mass is 32.1. The summed E-state index contributed by atoms with van der Waals surface area (Å²) in [6, 6.07) is 19.2.